The van der Waals surface area contributed by atoms with Crippen LogP contribution in [0.25, 0.3) is 0 Å². The van der Waals surface area contributed by atoms with Crippen molar-refractivity contribution in [1.82, 2.24) is 9.36 Å². The molecule has 0 bridgehead atoms. The van der Waals surface area contributed by atoms with Crippen LogP contribution in [0.2, 0.25) is 0 Å². The molecule has 1 aromatic heterocycles. The highest BCUT2D eigenvalue weighted by Gasteiger charge is 2.27. The molecule has 2 rings (SSSR count). The second-order valence-corrected chi connectivity index (χ2v) is 4.73. The number of nitrogens with zero attached hydrogens (tertiary/aromatic N) is 2. The minimum atomic E-state index is -0.185. The number of benzene rings is 1. The molecule has 0 atom stereocenters. The molecule has 15 heavy (non-hydrogen) atoms. The molecule has 0 fully saturated rings. The fourth-order valence-electron chi connectivity index (χ4n) is 1.47. The molecule has 2 N–H and O–H groups in total. The zero-order chi connectivity index (χ0) is 10.9. The lowest BCUT2D eigenvalue weighted by molar-refractivity contribution is 0.602. The Kier molecular flexibility index (Phi) is 2.44. The van der Waals surface area contributed by atoms with E-state index in [1.165, 1.54) is 17.1 Å². The zero-order valence-electron chi connectivity index (χ0n) is 8.77. The van der Waals surface area contributed by atoms with Crippen molar-refractivity contribution in [2.45, 2.75) is 19.3 Å². The summed E-state index contributed by atoms with van der Waals surface area (Å²) in [7, 11) is 0. The van der Waals surface area contributed by atoms with Gasteiger partial charge < -0.3 is 5.73 Å². The first kappa shape index (κ1) is 10.1. The van der Waals surface area contributed by atoms with Crippen LogP contribution in [0.4, 0.5) is 5.13 Å². The molecule has 0 saturated heterocycles. The first-order valence-corrected chi connectivity index (χ1v) is 5.53. The number of nitrogens with two attached hydrogens (primary N) is 1. The van der Waals surface area contributed by atoms with E-state index in [0.717, 1.165) is 5.82 Å². The van der Waals surface area contributed by atoms with Gasteiger partial charge in [-0.25, -0.2) is 4.98 Å². The smallest absolute Gasteiger partial charge is 0.199 e. The maximum absolute atomic E-state index is 5.60. The van der Waals surface area contributed by atoms with Gasteiger partial charge in [0.2, 0.25) is 0 Å². The van der Waals surface area contributed by atoms with E-state index >= 15 is 0 Å². The van der Waals surface area contributed by atoms with Gasteiger partial charge >= 0.3 is 0 Å². The highest BCUT2D eigenvalue weighted by Crippen LogP contribution is 2.30. The SMILES string of the molecule is CC(C)(c1ccccc1)c1nsc(N)n1. The quantitative estimate of drug-likeness (QED) is 0.844. The van der Waals surface area contributed by atoms with Gasteiger partial charge in [-0.15, -0.1) is 0 Å². The first-order valence-electron chi connectivity index (χ1n) is 4.76. The largest absolute Gasteiger partial charge is 0.374 e. The van der Waals surface area contributed by atoms with E-state index in [0.29, 0.717) is 5.13 Å². The van der Waals surface area contributed by atoms with Gasteiger partial charge in [-0.05, 0) is 19.4 Å². The van der Waals surface area contributed by atoms with Crippen molar-refractivity contribution in [1.29, 1.82) is 0 Å². The molecular formula is C11H13N3S. The molecule has 1 aromatic carbocycles. The van der Waals surface area contributed by atoms with Gasteiger partial charge in [0.1, 0.15) is 0 Å². The Balaban J connectivity index is 2.43. The number of rotatable bonds is 2. The summed E-state index contributed by atoms with van der Waals surface area (Å²) < 4.78 is 4.27. The van der Waals surface area contributed by atoms with Crippen molar-refractivity contribution in [3.63, 3.8) is 0 Å². The van der Waals surface area contributed by atoms with Gasteiger partial charge in [0.25, 0.3) is 0 Å². The molecule has 0 aliphatic carbocycles. The number of anilines is 1. The monoisotopic (exact) mass is 219 g/mol. The van der Waals surface area contributed by atoms with Crippen LogP contribution in [0, 0.1) is 0 Å². The number of nitrogen functional groups attached to an aromatic ring is 1. The minimum absolute atomic E-state index is 0.185. The maximum Gasteiger partial charge on any atom is 0.199 e. The van der Waals surface area contributed by atoms with Gasteiger partial charge in [-0.3, -0.25) is 0 Å². The molecule has 3 nitrogen and oxygen atoms in total. The van der Waals surface area contributed by atoms with Crippen molar-refractivity contribution in [2.75, 3.05) is 5.73 Å². The Morgan fingerprint density at radius 1 is 1.20 bits per heavy atom. The highest BCUT2D eigenvalue weighted by atomic mass is 32.1. The molecule has 78 valence electrons. The van der Waals surface area contributed by atoms with E-state index in [1.807, 2.05) is 18.2 Å². The molecule has 1 heterocycles. The van der Waals surface area contributed by atoms with Crippen molar-refractivity contribution in [3.8, 4) is 0 Å². The average Bonchev–Trinajstić information content (AvgIpc) is 2.67. The van der Waals surface area contributed by atoms with Gasteiger partial charge in [0.15, 0.2) is 11.0 Å². The predicted octanol–water partition coefficient (Wildman–Crippen LogP) is 2.45. The normalized spacial score (nSPS) is 11.6. The van der Waals surface area contributed by atoms with Crippen LogP contribution < -0.4 is 5.73 Å². The van der Waals surface area contributed by atoms with Crippen molar-refractivity contribution < 1.29 is 0 Å². The Bertz CT molecular complexity index is 448. The second kappa shape index (κ2) is 3.62. The van der Waals surface area contributed by atoms with Gasteiger partial charge in [0, 0.05) is 11.5 Å². The van der Waals surface area contributed by atoms with Gasteiger partial charge in [0.05, 0.1) is 5.41 Å². The highest BCUT2D eigenvalue weighted by molar-refractivity contribution is 7.09. The molecule has 0 spiro atoms. The van der Waals surface area contributed by atoms with E-state index in [4.69, 9.17) is 5.73 Å². The third-order valence-electron chi connectivity index (χ3n) is 2.50. The Morgan fingerprint density at radius 2 is 1.87 bits per heavy atom. The van der Waals surface area contributed by atoms with Crippen molar-refractivity contribution in [3.05, 3.63) is 41.7 Å². The lowest BCUT2D eigenvalue weighted by Crippen LogP contribution is -2.20. The summed E-state index contributed by atoms with van der Waals surface area (Å²) in [6, 6.07) is 10.2. The maximum atomic E-state index is 5.60. The second-order valence-electron chi connectivity index (χ2n) is 3.95. The lowest BCUT2D eigenvalue weighted by atomic mass is 9.84. The van der Waals surface area contributed by atoms with Crippen molar-refractivity contribution >= 4 is 16.7 Å². The van der Waals surface area contributed by atoms with E-state index in [2.05, 4.69) is 35.3 Å². The van der Waals surface area contributed by atoms with Crippen LogP contribution in [0.5, 0.6) is 0 Å². The molecule has 0 aliphatic heterocycles. The summed E-state index contributed by atoms with van der Waals surface area (Å²) >= 11 is 1.24. The lowest BCUT2D eigenvalue weighted by Gasteiger charge is -2.21. The third kappa shape index (κ3) is 1.85. The molecular weight excluding hydrogens is 206 g/mol. The van der Waals surface area contributed by atoms with E-state index in [-0.39, 0.29) is 5.41 Å². The fraction of sp³-hybridized carbons (Fsp3) is 0.273. The summed E-state index contributed by atoms with van der Waals surface area (Å²) in [5.74, 6) is 0.788. The summed E-state index contributed by atoms with van der Waals surface area (Å²) in [5.41, 5.74) is 6.61. The van der Waals surface area contributed by atoms with Crippen LogP contribution in [0.15, 0.2) is 30.3 Å². The number of hydrogen-bond donors (Lipinski definition) is 1. The Morgan fingerprint density at radius 3 is 2.40 bits per heavy atom. The van der Waals surface area contributed by atoms with Gasteiger partial charge in [-0.1, -0.05) is 30.3 Å². The molecule has 0 radical (unpaired) electrons. The molecule has 0 unspecified atom stereocenters. The summed E-state index contributed by atoms with van der Waals surface area (Å²) in [4.78, 5) is 4.24. The Hall–Kier alpha value is -1.42. The molecule has 4 heteroatoms. The first-order chi connectivity index (χ1) is 7.10. The third-order valence-corrected chi connectivity index (χ3v) is 3.04. The predicted molar refractivity (Wildman–Crippen MR) is 62.9 cm³/mol. The van der Waals surface area contributed by atoms with Crippen LogP contribution in [-0.4, -0.2) is 9.36 Å². The topological polar surface area (TPSA) is 51.8 Å². The summed E-state index contributed by atoms with van der Waals surface area (Å²) in [6.07, 6.45) is 0. The van der Waals surface area contributed by atoms with Crippen molar-refractivity contribution in [2.24, 2.45) is 0 Å². The Labute approximate surface area is 93.1 Å². The van der Waals surface area contributed by atoms with E-state index in [9.17, 15) is 0 Å². The summed E-state index contributed by atoms with van der Waals surface area (Å²) in [5, 5.41) is 0.522. The molecule has 0 aliphatic rings. The number of hydrogen-bond acceptors (Lipinski definition) is 4. The number of aromatic nitrogens is 2. The molecule has 0 amide bonds. The van der Waals surface area contributed by atoms with Crippen LogP contribution in [0.3, 0.4) is 0 Å². The van der Waals surface area contributed by atoms with Crippen LogP contribution >= 0.6 is 11.5 Å². The fourth-order valence-corrected chi connectivity index (χ4v) is 2.05. The van der Waals surface area contributed by atoms with Crippen LogP contribution in [0.1, 0.15) is 25.2 Å². The average molecular weight is 219 g/mol. The molecule has 0 saturated carbocycles. The molecule has 2 aromatic rings. The summed E-state index contributed by atoms with van der Waals surface area (Å²) in [6.45, 7) is 4.20. The van der Waals surface area contributed by atoms with Crippen LogP contribution in [-0.2, 0) is 5.41 Å². The van der Waals surface area contributed by atoms with Gasteiger partial charge in [-0.2, -0.15) is 4.37 Å². The zero-order valence-corrected chi connectivity index (χ0v) is 9.58. The van der Waals surface area contributed by atoms with E-state index < -0.39 is 0 Å². The minimum Gasteiger partial charge on any atom is -0.374 e. The standard InChI is InChI=1S/C11H13N3S/c1-11(2,8-6-4-3-5-7-8)9-13-10(12)15-14-9/h3-7H,1-2H3,(H2,12,13,14). The van der Waals surface area contributed by atoms with E-state index in [1.54, 1.807) is 0 Å².